The van der Waals surface area contributed by atoms with Gasteiger partial charge < -0.3 is 0 Å². The summed E-state index contributed by atoms with van der Waals surface area (Å²) >= 11 is 0. The maximum absolute atomic E-state index is 13.8. The van der Waals surface area contributed by atoms with Crippen LogP contribution in [-0.4, -0.2) is 0 Å². The predicted octanol–water partition coefficient (Wildman–Crippen LogP) is 4.93. The minimum absolute atomic E-state index is 0.0171. The summed E-state index contributed by atoms with van der Waals surface area (Å²) in [5.41, 5.74) is 1.12. The Morgan fingerprint density at radius 3 is 1.76 bits per heavy atom. The third kappa shape index (κ3) is 2.20. The number of benzene rings is 2. The van der Waals surface area contributed by atoms with E-state index in [-0.39, 0.29) is 5.56 Å². The molecule has 0 atom stereocenters. The molecule has 0 heterocycles. The quantitative estimate of drug-likeness (QED) is 0.398. The molecule has 110 valence electrons. The topological polar surface area (TPSA) is 0 Å². The fraction of sp³-hybridized carbons (Fsp3) is 0.250. The monoisotopic (exact) mass is 298 g/mol. The van der Waals surface area contributed by atoms with Crippen molar-refractivity contribution in [1.29, 1.82) is 0 Å². The second kappa shape index (κ2) is 5.13. The molecule has 0 aromatic heterocycles. The van der Waals surface area contributed by atoms with Crippen molar-refractivity contribution in [2.24, 2.45) is 0 Å². The van der Waals surface area contributed by atoms with Crippen molar-refractivity contribution in [3.8, 4) is 11.1 Å². The number of hydrogen-bond donors (Lipinski definition) is 0. The summed E-state index contributed by atoms with van der Waals surface area (Å²) in [6.45, 7) is 0. The number of aryl methyl sites for hydroxylation is 2. The highest BCUT2D eigenvalue weighted by Gasteiger charge is 2.27. The molecule has 2 aromatic carbocycles. The zero-order valence-electron chi connectivity index (χ0n) is 11.0. The van der Waals surface area contributed by atoms with Gasteiger partial charge in [0.1, 0.15) is 0 Å². The molecule has 0 unspecified atom stereocenters. The normalized spacial score (nSPS) is 14.1. The Balaban J connectivity index is 2.21. The second-order valence-corrected chi connectivity index (χ2v) is 5.14. The Labute approximate surface area is 118 Å². The maximum Gasteiger partial charge on any atom is 0.200 e. The van der Waals surface area contributed by atoms with E-state index in [0.29, 0.717) is 0 Å². The smallest absolute Gasteiger partial charge is 0.200 e. The molecule has 0 saturated carbocycles. The van der Waals surface area contributed by atoms with Crippen LogP contribution in [0.1, 0.15) is 24.0 Å². The largest absolute Gasteiger partial charge is 0.203 e. The highest BCUT2D eigenvalue weighted by molar-refractivity contribution is 5.67. The van der Waals surface area contributed by atoms with Gasteiger partial charge in [-0.15, -0.1) is 0 Å². The van der Waals surface area contributed by atoms with Crippen LogP contribution in [-0.2, 0) is 12.8 Å². The molecule has 0 bridgehead atoms. The minimum Gasteiger partial charge on any atom is -0.203 e. The standard InChI is InChI=1S/C16H11F5/c17-12-11(13(18)15(20)16(21)14(12)19)10-6-5-8-3-1-2-4-9(8)7-10/h5-7H,1-4H2. The first-order valence-electron chi connectivity index (χ1n) is 6.64. The average molecular weight is 298 g/mol. The van der Waals surface area contributed by atoms with E-state index in [0.717, 1.165) is 36.8 Å². The van der Waals surface area contributed by atoms with Crippen LogP contribution in [0.3, 0.4) is 0 Å². The Morgan fingerprint density at radius 2 is 1.14 bits per heavy atom. The Kier molecular flexibility index (Phi) is 3.43. The van der Waals surface area contributed by atoms with E-state index >= 15 is 0 Å². The van der Waals surface area contributed by atoms with Gasteiger partial charge in [-0.1, -0.05) is 18.2 Å². The molecule has 21 heavy (non-hydrogen) atoms. The van der Waals surface area contributed by atoms with Crippen molar-refractivity contribution < 1.29 is 22.0 Å². The summed E-state index contributed by atoms with van der Waals surface area (Å²) in [7, 11) is 0. The average Bonchev–Trinajstić information content (AvgIpc) is 2.51. The second-order valence-electron chi connectivity index (χ2n) is 5.14. The van der Waals surface area contributed by atoms with Gasteiger partial charge in [0.25, 0.3) is 0 Å². The Bertz CT molecular complexity index is 692. The van der Waals surface area contributed by atoms with Gasteiger partial charge in [-0.05, 0) is 42.4 Å². The first kappa shape index (κ1) is 14.0. The van der Waals surface area contributed by atoms with Crippen molar-refractivity contribution in [1.82, 2.24) is 0 Å². The van der Waals surface area contributed by atoms with Crippen molar-refractivity contribution in [2.75, 3.05) is 0 Å². The van der Waals surface area contributed by atoms with Crippen molar-refractivity contribution in [2.45, 2.75) is 25.7 Å². The molecule has 1 aliphatic rings. The van der Waals surface area contributed by atoms with Crippen LogP contribution in [0.5, 0.6) is 0 Å². The lowest BCUT2D eigenvalue weighted by Crippen LogP contribution is -2.06. The Morgan fingerprint density at radius 1 is 0.619 bits per heavy atom. The van der Waals surface area contributed by atoms with Crippen LogP contribution in [0.2, 0.25) is 0 Å². The summed E-state index contributed by atoms with van der Waals surface area (Å²) in [4.78, 5) is 0. The van der Waals surface area contributed by atoms with Crippen LogP contribution in [0.4, 0.5) is 22.0 Å². The maximum atomic E-state index is 13.8. The summed E-state index contributed by atoms with van der Waals surface area (Å²) in [6.07, 6.45) is 3.60. The molecule has 0 radical (unpaired) electrons. The molecular weight excluding hydrogens is 287 g/mol. The van der Waals surface area contributed by atoms with Crippen molar-refractivity contribution >= 4 is 0 Å². The molecule has 3 rings (SSSR count). The zero-order valence-corrected chi connectivity index (χ0v) is 11.0. The van der Waals surface area contributed by atoms with Crippen LogP contribution in [0.25, 0.3) is 11.1 Å². The van der Waals surface area contributed by atoms with E-state index in [2.05, 4.69) is 0 Å². The van der Waals surface area contributed by atoms with E-state index in [4.69, 9.17) is 0 Å². The predicted molar refractivity (Wildman–Crippen MR) is 68.3 cm³/mol. The van der Waals surface area contributed by atoms with Crippen LogP contribution < -0.4 is 0 Å². The fourth-order valence-corrected chi connectivity index (χ4v) is 2.75. The first-order valence-corrected chi connectivity index (χ1v) is 6.64. The van der Waals surface area contributed by atoms with Gasteiger partial charge in [0, 0.05) is 0 Å². The Hall–Kier alpha value is -1.91. The van der Waals surface area contributed by atoms with E-state index in [1.165, 1.54) is 12.1 Å². The summed E-state index contributed by atoms with van der Waals surface area (Å²) in [5.74, 6) is -9.54. The highest BCUT2D eigenvalue weighted by atomic mass is 19.2. The van der Waals surface area contributed by atoms with Gasteiger partial charge in [-0.2, -0.15) is 0 Å². The molecule has 1 aliphatic carbocycles. The van der Waals surface area contributed by atoms with Crippen LogP contribution in [0, 0.1) is 29.1 Å². The van der Waals surface area contributed by atoms with Crippen molar-refractivity contribution in [3.63, 3.8) is 0 Å². The minimum atomic E-state index is -2.13. The fourth-order valence-electron chi connectivity index (χ4n) is 2.75. The zero-order chi connectivity index (χ0) is 15.1. The molecule has 0 saturated heterocycles. The third-order valence-corrected chi connectivity index (χ3v) is 3.85. The van der Waals surface area contributed by atoms with E-state index < -0.39 is 34.6 Å². The van der Waals surface area contributed by atoms with Gasteiger partial charge in [0.15, 0.2) is 23.3 Å². The van der Waals surface area contributed by atoms with E-state index in [9.17, 15) is 22.0 Å². The van der Waals surface area contributed by atoms with E-state index in [1.807, 2.05) is 0 Å². The van der Waals surface area contributed by atoms with Crippen molar-refractivity contribution in [3.05, 3.63) is 58.4 Å². The molecule has 0 nitrogen and oxygen atoms in total. The van der Waals surface area contributed by atoms with Crippen LogP contribution >= 0.6 is 0 Å². The first-order chi connectivity index (χ1) is 10.0. The molecule has 0 amide bonds. The van der Waals surface area contributed by atoms with Gasteiger partial charge in [0.2, 0.25) is 5.82 Å². The molecular formula is C16H11F5. The molecule has 0 spiro atoms. The van der Waals surface area contributed by atoms with Gasteiger partial charge in [-0.25, -0.2) is 22.0 Å². The summed E-state index contributed by atoms with van der Waals surface area (Å²) in [6, 6.07) is 4.62. The molecule has 0 fully saturated rings. The number of halogens is 5. The lowest BCUT2D eigenvalue weighted by atomic mass is 9.89. The SMILES string of the molecule is Fc1c(F)c(F)c(-c2ccc3c(c2)CCCC3)c(F)c1F. The highest BCUT2D eigenvalue weighted by Crippen LogP contribution is 2.33. The summed E-state index contributed by atoms with van der Waals surface area (Å²) in [5, 5.41) is 0. The molecule has 0 N–H and O–H groups in total. The third-order valence-electron chi connectivity index (χ3n) is 3.85. The number of rotatable bonds is 1. The summed E-state index contributed by atoms with van der Waals surface area (Å²) < 4.78 is 67.2. The molecule has 0 aliphatic heterocycles. The lowest BCUT2D eigenvalue weighted by molar-refractivity contribution is 0.381. The van der Waals surface area contributed by atoms with E-state index in [1.54, 1.807) is 6.07 Å². The molecule has 2 aromatic rings. The number of hydrogen-bond acceptors (Lipinski definition) is 0. The van der Waals surface area contributed by atoms with Gasteiger partial charge in [0.05, 0.1) is 5.56 Å². The number of fused-ring (bicyclic) bond motifs is 1. The van der Waals surface area contributed by atoms with Crippen LogP contribution in [0.15, 0.2) is 18.2 Å². The lowest BCUT2D eigenvalue weighted by Gasteiger charge is -2.17. The molecule has 5 heteroatoms. The van der Waals surface area contributed by atoms with Gasteiger partial charge >= 0.3 is 0 Å². The van der Waals surface area contributed by atoms with Gasteiger partial charge in [-0.3, -0.25) is 0 Å².